The van der Waals surface area contributed by atoms with E-state index in [-0.39, 0.29) is 11.7 Å². The normalized spacial score (nSPS) is 16.4. The summed E-state index contributed by atoms with van der Waals surface area (Å²) in [5, 5.41) is 12.9. The van der Waals surface area contributed by atoms with Gasteiger partial charge >= 0.3 is 0 Å². The van der Waals surface area contributed by atoms with E-state index in [9.17, 15) is 9.90 Å². The number of amides is 1. The molecule has 0 unspecified atom stereocenters. The highest BCUT2D eigenvalue weighted by Gasteiger charge is 2.22. The van der Waals surface area contributed by atoms with Gasteiger partial charge in [0.2, 0.25) is 5.91 Å². The second-order valence-electron chi connectivity index (χ2n) is 5.52. The maximum atomic E-state index is 12.2. The monoisotopic (exact) mass is 276 g/mol. The van der Waals surface area contributed by atoms with Crippen LogP contribution in [0.25, 0.3) is 0 Å². The van der Waals surface area contributed by atoms with Gasteiger partial charge in [-0.1, -0.05) is 18.2 Å². The number of phenolic OH excluding ortho intramolecular Hbond substituents is 1. The molecule has 1 saturated heterocycles. The van der Waals surface area contributed by atoms with Crippen molar-refractivity contribution in [3.8, 4) is 5.75 Å². The van der Waals surface area contributed by atoms with Gasteiger partial charge in [0.15, 0.2) is 0 Å². The number of piperidine rings is 1. The number of aromatic hydroxyl groups is 1. The van der Waals surface area contributed by atoms with Crippen LogP contribution in [-0.2, 0) is 11.2 Å². The second kappa shape index (κ2) is 7.29. The average molecular weight is 276 g/mol. The predicted octanol–water partition coefficient (Wildman–Crippen LogP) is 1.78. The first kappa shape index (κ1) is 14.9. The van der Waals surface area contributed by atoms with Crippen molar-refractivity contribution < 1.29 is 9.90 Å². The minimum Gasteiger partial charge on any atom is -0.508 e. The molecule has 0 bridgehead atoms. The van der Waals surface area contributed by atoms with Gasteiger partial charge in [-0.2, -0.15) is 0 Å². The summed E-state index contributed by atoms with van der Waals surface area (Å²) in [6, 6.07) is 7.07. The number of hydrogen-bond donors (Lipinski definition) is 2. The maximum absolute atomic E-state index is 12.2. The number of likely N-dealkylation sites (tertiary alicyclic amines) is 1. The Balaban J connectivity index is 1.82. The van der Waals surface area contributed by atoms with E-state index in [4.69, 9.17) is 0 Å². The molecule has 2 N–H and O–H groups in total. The van der Waals surface area contributed by atoms with E-state index in [0.29, 0.717) is 6.42 Å². The van der Waals surface area contributed by atoms with Crippen LogP contribution in [0, 0.1) is 5.92 Å². The van der Waals surface area contributed by atoms with Crippen LogP contribution in [0.5, 0.6) is 5.75 Å². The molecule has 0 spiro atoms. The maximum Gasteiger partial charge on any atom is 0.227 e. The lowest BCUT2D eigenvalue weighted by molar-refractivity contribution is -0.131. The largest absolute Gasteiger partial charge is 0.508 e. The van der Waals surface area contributed by atoms with Crippen molar-refractivity contribution in [2.24, 2.45) is 5.92 Å². The van der Waals surface area contributed by atoms with Gasteiger partial charge in [-0.15, -0.1) is 0 Å². The molecule has 2 rings (SSSR count). The predicted molar refractivity (Wildman–Crippen MR) is 79.7 cm³/mol. The Morgan fingerprint density at radius 2 is 2.05 bits per heavy atom. The van der Waals surface area contributed by atoms with Crippen molar-refractivity contribution >= 4 is 5.91 Å². The van der Waals surface area contributed by atoms with Crippen LogP contribution in [0.3, 0.4) is 0 Å². The SMILES string of the molecule is CNCCC1CCN(C(=O)Cc2ccccc2O)CC1. The number of carbonyl (C=O) groups is 1. The smallest absolute Gasteiger partial charge is 0.227 e. The van der Waals surface area contributed by atoms with Gasteiger partial charge in [-0.05, 0) is 44.8 Å². The van der Waals surface area contributed by atoms with Gasteiger partial charge in [-0.25, -0.2) is 0 Å². The molecule has 0 aliphatic carbocycles. The van der Waals surface area contributed by atoms with Crippen LogP contribution in [0.15, 0.2) is 24.3 Å². The van der Waals surface area contributed by atoms with Crippen LogP contribution < -0.4 is 5.32 Å². The molecule has 1 aromatic carbocycles. The number of nitrogens with zero attached hydrogens (tertiary/aromatic N) is 1. The summed E-state index contributed by atoms with van der Waals surface area (Å²) < 4.78 is 0. The Labute approximate surface area is 120 Å². The van der Waals surface area contributed by atoms with Crippen molar-refractivity contribution in [1.29, 1.82) is 0 Å². The summed E-state index contributed by atoms with van der Waals surface area (Å²) in [6.07, 6.45) is 3.67. The number of para-hydroxylation sites is 1. The zero-order valence-corrected chi connectivity index (χ0v) is 12.1. The summed E-state index contributed by atoms with van der Waals surface area (Å²) in [5.41, 5.74) is 0.717. The van der Waals surface area contributed by atoms with Crippen LogP contribution in [0.2, 0.25) is 0 Å². The van der Waals surface area contributed by atoms with Gasteiger partial charge < -0.3 is 15.3 Å². The molecule has 4 heteroatoms. The molecule has 1 fully saturated rings. The first-order chi connectivity index (χ1) is 9.70. The molecule has 0 saturated carbocycles. The van der Waals surface area contributed by atoms with Crippen LogP contribution in [0.4, 0.5) is 0 Å². The van der Waals surface area contributed by atoms with Gasteiger partial charge in [0, 0.05) is 18.7 Å². The summed E-state index contributed by atoms with van der Waals surface area (Å²) in [4.78, 5) is 14.2. The third-order valence-electron chi connectivity index (χ3n) is 4.10. The standard InChI is InChI=1S/C16H24N2O2/c1-17-9-6-13-7-10-18(11-8-13)16(20)12-14-4-2-3-5-15(14)19/h2-5,13,17,19H,6-12H2,1H3. The Bertz CT molecular complexity index is 440. The molecule has 1 aliphatic rings. The fourth-order valence-electron chi connectivity index (χ4n) is 2.75. The lowest BCUT2D eigenvalue weighted by atomic mass is 9.93. The summed E-state index contributed by atoms with van der Waals surface area (Å²) in [5.74, 6) is 1.07. The summed E-state index contributed by atoms with van der Waals surface area (Å²) >= 11 is 0. The van der Waals surface area contributed by atoms with E-state index in [1.165, 1.54) is 6.42 Å². The third-order valence-corrected chi connectivity index (χ3v) is 4.10. The molecule has 1 heterocycles. The Morgan fingerprint density at radius 1 is 1.35 bits per heavy atom. The van der Waals surface area contributed by atoms with Crippen LogP contribution in [-0.4, -0.2) is 42.6 Å². The molecule has 0 atom stereocenters. The molecule has 20 heavy (non-hydrogen) atoms. The highest BCUT2D eigenvalue weighted by Crippen LogP contribution is 2.22. The fourth-order valence-corrected chi connectivity index (χ4v) is 2.75. The van der Waals surface area contributed by atoms with Crippen molar-refractivity contribution in [3.63, 3.8) is 0 Å². The lowest BCUT2D eigenvalue weighted by Crippen LogP contribution is -2.39. The molecule has 4 nitrogen and oxygen atoms in total. The van der Waals surface area contributed by atoms with E-state index in [2.05, 4.69) is 5.32 Å². The number of hydrogen-bond acceptors (Lipinski definition) is 3. The Hall–Kier alpha value is -1.55. The highest BCUT2D eigenvalue weighted by molar-refractivity contribution is 5.79. The van der Waals surface area contributed by atoms with Crippen molar-refractivity contribution in [2.45, 2.75) is 25.7 Å². The minimum atomic E-state index is 0.124. The topological polar surface area (TPSA) is 52.6 Å². The zero-order valence-electron chi connectivity index (χ0n) is 12.1. The van der Waals surface area contributed by atoms with E-state index in [0.717, 1.165) is 44.0 Å². The molecular formula is C16H24N2O2. The zero-order chi connectivity index (χ0) is 14.4. The van der Waals surface area contributed by atoms with Crippen molar-refractivity contribution in [2.75, 3.05) is 26.7 Å². The molecule has 0 radical (unpaired) electrons. The molecule has 1 aliphatic heterocycles. The first-order valence-electron chi connectivity index (χ1n) is 7.40. The van der Waals surface area contributed by atoms with Gasteiger partial charge in [0.05, 0.1) is 6.42 Å². The number of phenols is 1. The quantitative estimate of drug-likeness (QED) is 0.862. The molecule has 1 aromatic rings. The number of carbonyl (C=O) groups excluding carboxylic acids is 1. The Kier molecular flexibility index (Phi) is 5.41. The number of nitrogens with one attached hydrogen (secondary N) is 1. The van der Waals surface area contributed by atoms with E-state index in [1.807, 2.05) is 24.1 Å². The molecular weight excluding hydrogens is 252 g/mol. The van der Waals surface area contributed by atoms with Gasteiger partial charge in [-0.3, -0.25) is 4.79 Å². The lowest BCUT2D eigenvalue weighted by Gasteiger charge is -2.32. The van der Waals surface area contributed by atoms with E-state index in [1.54, 1.807) is 12.1 Å². The molecule has 110 valence electrons. The van der Waals surface area contributed by atoms with Crippen LogP contribution >= 0.6 is 0 Å². The fraction of sp³-hybridized carbons (Fsp3) is 0.562. The number of rotatable bonds is 5. The Morgan fingerprint density at radius 3 is 2.70 bits per heavy atom. The molecule has 1 amide bonds. The van der Waals surface area contributed by atoms with Crippen LogP contribution in [0.1, 0.15) is 24.8 Å². The van der Waals surface area contributed by atoms with Crippen molar-refractivity contribution in [1.82, 2.24) is 10.2 Å². The highest BCUT2D eigenvalue weighted by atomic mass is 16.3. The average Bonchev–Trinajstić information content (AvgIpc) is 2.48. The third kappa shape index (κ3) is 3.97. The number of benzene rings is 1. The second-order valence-corrected chi connectivity index (χ2v) is 5.52. The van der Waals surface area contributed by atoms with E-state index >= 15 is 0 Å². The summed E-state index contributed by atoms with van der Waals surface area (Å²) in [6.45, 7) is 2.75. The first-order valence-corrected chi connectivity index (χ1v) is 7.40. The van der Waals surface area contributed by atoms with Gasteiger partial charge in [0.25, 0.3) is 0 Å². The van der Waals surface area contributed by atoms with E-state index < -0.39 is 0 Å². The summed E-state index contributed by atoms with van der Waals surface area (Å²) in [7, 11) is 1.98. The molecule has 0 aromatic heterocycles. The van der Waals surface area contributed by atoms with Gasteiger partial charge in [0.1, 0.15) is 5.75 Å². The van der Waals surface area contributed by atoms with Crippen molar-refractivity contribution in [3.05, 3.63) is 29.8 Å². The minimum absolute atomic E-state index is 0.124.